The van der Waals surface area contributed by atoms with Crippen LogP contribution in [0.1, 0.15) is 25.7 Å². The van der Waals surface area contributed by atoms with Gasteiger partial charge in [0.2, 0.25) is 10.0 Å². The molecule has 110 valence electrons. The van der Waals surface area contributed by atoms with Crippen LogP contribution in [0.4, 0.5) is 0 Å². The highest BCUT2D eigenvalue weighted by atomic mass is 79.9. The van der Waals surface area contributed by atoms with Crippen LogP contribution in [-0.2, 0) is 14.8 Å². The van der Waals surface area contributed by atoms with Gasteiger partial charge in [0.1, 0.15) is 0 Å². The summed E-state index contributed by atoms with van der Waals surface area (Å²) in [4.78, 5) is 11.1. The fourth-order valence-corrected chi connectivity index (χ4v) is 3.93. The molecule has 7 heteroatoms. The van der Waals surface area contributed by atoms with E-state index in [-0.39, 0.29) is 16.9 Å². The molecule has 1 aromatic rings. The average molecular weight is 362 g/mol. The number of rotatable bonds is 4. The number of carboxylic acid groups (broad SMARTS) is 1. The van der Waals surface area contributed by atoms with Crippen molar-refractivity contribution >= 4 is 31.9 Å². The number of hydrogen-bond donors (Lipinski definition) is 2. The highest BCUT2D eigenvalue weighted by Gasteiger charge is 2.28. The molecular weight excluding hydrogens is 346 g/mol. The molecule has 0 aliphatic heterocycles. The molecule has 0 amide bonds. The fraction of sp³-hybridized carbons (Fsp3) is 0.462. The SMILES string of the molecule is O=C(O)[C@H]1CC[C@H](NS(=O)(=O)c2ccc(Br)cc2)CC1. The summed E-state index contributed by atoms with van der Waals surface area (Å²) < 4.78 is 27.8. The van der Waals surface area contributed by atoms with Gasteiger partial charge in [0.25, 0.3) is 0 Å². The van der Waals surface area contributed by atoms with Gasteiger partial charge < -0.3 is 5.11 Å². The molecule has 5 nitrogen and oxygen atoms in total. The zero-order chi connectivity index (χ0) is 14.8. The number of aliphatic carboxylic acids is 1. The number of carboxylic acids is 1. The van der Waals surface area contributed by atoms with E-state index in [1.807, 2.05) is 0 Å². The van der Waals surface area contributed by atoms with Crippen LogP contribution in [0, 0.1) is 5.92 Å². The van der Waals surface area contributed by atoms with Crippen molar-refractivity contribution in [3.63, 3.8) is 0 Å². The van der Waals surface area contributed by atoms with Crippen LogP contribution < -0.4 is 4.72 Å². The Balaban J connectivity index is 2.00. The maximum Gasteiger partial charge on any atom is 0.306 e. The van der Waals surface area contributed by atoms with Crippen molar-refractivity contribution in [2.24, 2.45) is 5.92 Å². The molecule has 0 unspecified atom stereocenters. The number of halogens is 1. The zero-order valence-electron chi connectivity index (χ0n) is 10.8. The molecule has 1 aliphatic rings. The third-order valence-corrected chi connectivity index (χ3v) is 5.59. The van der Waals surface area contributed by atoms with E-state index >= 15 is 0 Å². The molecule has 1 aliphatic carbocycles. The Morgan fingerprint density at radius 2 is 1.70 bits per heavy atom. The molecule has 0 bridgehead atoms. The van der Waals surface area contributed by atoms with Crippen molar-refractivity contribution in [3.05, 3.63) is 28.7 Å². The lowest BCUT2D eigenvalue weighted by Gasteiger charge is -2.26. The first kappa shape index (κ1) is 15.5. The Kier molecular flexibility index (Phi) is 4.82. The van der Waals surface area contributed by atoms with E-state index in [1.54, 1.807) is 12.1 Å². The Morgan fingerprint density at radius 1 is 1.15 bits per heavy atom. The maximum atomic E-state index is 12.2. The molecule has 1 fully saturated rings. The molecule has 0 saturated heterocycles. The van der Waals surface area contributed by atoms with Gasteiger partial charge in [-0.25, -0.2) is 13.1 Å². The lowest BCUT2D eigenvalue weighted by atomic mass is 9.87. The molecule has 20 heavy (non-hydrogen) atoms. The summed E-state index contributed by atoms with van der Waals surface area (Å²) in [6.45, 7) is 0. The largest absolute Gasteiger partial charge is 0.481 e. The first-order valence-electron chi connectivity index (χ1n) is 6.39. The fourth-order valence-electron chi connectivity index (χ4n) is 2.36. The van der Waals surface area contributed by atoms with E-state index in [2.05, 4.69) is 20.7 Å². The molecule has 1 saturated carbocycles. The molecule has 0 atom stereocenters. The lowest BCUT2D eigenvalue weighted by molar-refractivity contribution is -0.142. The van der Waals surface area contributed by atoms with Gasteiger partial charge in [-0.05, 0) is 49.9 Å². The third-order valence-electron chi connectivity index (χ3n) is 3.52. The van der Waals surface area contributed by atoms with Gasteiger partial charge in [-0.1, -0.05) is 15.9 Å². The minimum Gasteiger partial charge on any atom is -0.481 e. The molecule has 2 rings (SSSR count). The van der Waals surface area contributed by atoms with E-state index in [1.165, 1.54) is 12.1 Å². The summed E-state index contributed by atoms with van der Waals surface area (Å²) in [6, 6.07) is 6.25. The molecule has 1 aromatic carbocycles. The van der Waals surface area contributed by atoms with Crippen LogP contribution >= 0.6 is 15.9 Å². The zero-order valence-corrected chi connectivity index (χ0v) is 13.2. The van der Waals surface area contributed by atoms with Gasteiger partial charge >= 0.3 is 5.97 Å². The van der Waals surface area contributed by atoms with Gasteiger partial charge in [0.05, 0.1) is 10.8 Å². The second-order valence-corrected chi connectivity index (χ2v) is 7.59. The number of hydrogen-bond acceptors (Lipinski definition) is 3. The summed E-state index contributed by atoms with van der Waals surface area (Å²) in [5.74, 6) is -1.14. The van der Waals surface area contributed by atoms with Crippen LogP contribution in [0.2, 0.25) is 0 Å². The first-order chi connectivity index (χ1) is 9.38. The Bertz CT molecular complexity index is 577. The van der Waals surface area contributed by atoms with Crippen molar-refractivity contribution in [1.82, 2.24) is 4.72 Å². The minimum atomic E-state index is -3.53. The number of sulfonamides is 1. The number of carbonyl (C=O) groups is 1. The van der Waals surface area contributed by atoms with Crippen molar-refractivity contribution in [3.8, 4) is 0 Å². The van der Waals surface area contributed by atoms with Crippen molar-refractivity contribution < 1.29 is 18.3 Å². The summed E-state index contributed by atoms with van der Waals surface area (Å²) >= 11 is 3.26. The smallest absolute Gasteiger partial charge is 0.306 e. The highest BCUT2D eigenvalue weighted by Crippen LogP contribution is 2.25. The number of benzene rings is 1. The first-order valence-corrected chi connectivity index (χ1v) is 8.67. The van der Waals surface area contributed by atoms with Crippen molar-refractivity contribution in [1.29, 1.82) is 0 Å². The average Bonchev–Trinajstić information content (AvgIpc) is 2.39. The normalized spacial score (nSPS) is 23.4. The molecule has 0 radical (unpaired) electrons. The molecule has 2 N–H and O–H groups in total. The molecule has 0 spiro atoms. The Morgan fingerprint density at radius 3 is 2.20 bits per heavy atom. The topological polar surface area (TPSA) is 83.5 Å². The molecule has 0 aromatic heterocycles. The van der Waals surface area contributed by atoms with E-state index in [0.29, 0.717) is 25.7 Å². The third kappa shape index (κ3) is 3.80. The van der Waals surface area contributed by atoms with Crippen LogP contribution in [-0.4, -0.2) is 25.5 Å². The van der Waals surface area contributed by atoms with Crippen molar-refractivity contribution in [2.75, 3.05) is 0 Å². The van der Waals surface area contributed by atoms with E-state index in [0.717, 1.165) is 4.47 Å². The Labute approximate surface area is 126 Å². The predicted molar refractivity (Wildman–Crippen MR) is 77.8 cm³/mol. The van der Waals surface area contributed by atoms with Crippen LogP contribution in [0.5, 0.6) is 0 Å². The van der Waals surface area contributed by atoms with Crippen LogP contribution in [0.3, 0.4) is 0 Å². The van der Waals surface area contributed by atoms with Gasteiger partial charge in [0.15, 0.2) is 0 Å². The van der Waals surface area contributed by atoms with Gasteiger partial charge in [-0.3, -0.25) is 4.79 Å². The number of nitrogens with one attached hydrogen (secondary N) is 1. The van der Waals surface area contributed by atoms with E-state index in [9.17, 15) is 13.2 Å². The summed E-state index contributed by atoms with van der Waals surface area (Å²) in [5.41, 5.74) is 0. The standard InChI is InChI=1S/C13H16BrNO4S/c14-10-3-7-12(8-4-10)20(18,19)15-11-5-1-9(2-6-11)13(16)17/h3-4,7-9,11,15H,1-2,5-6H2,(H,16,17)/t9-,11-. The Hall–Kier alpha value is -0.920. The lowest BCUT2D eigenvalue weighted by Crippen LogP contribution is -2.38. The second-order valence-electron chi connectivity index (χ2n) is 4.96. The summed E-state index contributed by atoms with van der Waals surface area (Å²) in [7, 11) is -3.53. The quantitative estimate of drug-likeness (QED) is 0.862. The minimum absolute atomic E-state index is 0.181. The van der Waals surface area contributed by atoms with Gasteiger partial charge in [0, 0.05) is 10.5 Å². The maximum absolute atomic E-state index is 12.2. The van der Waals surface area contributed by atoms with Crippen LogP contribution in [0.15, 0.2) is 33.6 Å². The summed E-state index contributed by atoms with van der Waals surface area (Å²) in [5, 5.41) is 8.92. The molecule has 0 heterocycles. The van der Waals surface area contributed by atoms with E-state index in [4.69, 9.17) is 5.11 Å². The summed E-state index contributed by atoms with van der Waals surface area (Å²) in [6.07, 6.45) is 2.16. The molecular formula is C13H16BrNO4S. The predicted octanol–water partition coefficient (Wildman–Crippen LogP) is 2.37. The van der Waals surface area contributed by atoms with Crippen LogP contribution in [0.25, 0.3) is 0 Å². The van der Waals surface area contributed by atoms with E-state index < -0.39 is 16.0 Å². The monoisotopic (exact) mass is 361 g/mol. The highest BCUT2D eigenvalue weighted by molar-refractivity contribution is 9.10. The van der Waals surface area contributed by atoms with Gasteiger partial charge in [-0.15, -0.1) is 0 Å². The second kappa shape index (κ2) is 6.24. The van der Waals surface area contributed by atoms with Crippen molar-refractivity contribution in [2.45, 2.75) is 36.6 Å². The van der Waals surface area contributed by atoms with Gasteiger partial charge in [-0.2, -0.15) is 0 Å².